The van der Waals surface area contributed by atoms with Gasteiger partial charge in [-0.05, 0) is 31.9 Å². The van der Waals surface area contributed by atoms with Gasteiger partial charge in [-0.25, -0.2) is 0 Å². The summed E-state index contributed by atoms with van der Waals surface area (Å²) in [6, 6.07) is 5.66. The maximum Gasteiger partial charge on any atom is 0.237 e. The van der Waals surface area contributed by atoms with Gasteiger partial charge in [0.25, 0.3) is 0 Å². The predicted octanol–water partition coefficient (Wildman–Crippen LogP) is 4.54. The molecule has 0 bridgehead atoms. The van der Waals surface area contributed by atoms with Gasteiger partial charge in [-0.15, -0.1) is 10.2 Å². The molecule has 5 nitrogen and oxygen atoms in total. The number of nitrogens with zero attached hydrogens (tertiary/aromatic N) is 2. The molecule has 1 heterocycles. The minimum atomic E-state index is -0.327. The van der Waals surface area contributed by atoms with Crippen LogP contribution < -0.4 is 10.6 Å². The summed E-state index contributed by atoms with van der Waals surface area (Å²) in [5, 5.41) is 15.5. The fraction of sp³-hybridized carbons (Fsp3) is 0.357. The second-order valence-corrected chi connectivity index (χ2v) is 8.49. The van der Waals surface area contributed by atoms with E-state index >= 15 is 0 Å². The largest absolute Gasteiger partial charge is 0.357 e. The van der Waals surface area contributed by atoms with Gasteiger partial charge in [-0.2, -0.15) is 0 Å². The lowest BCUT2D eigenvalue weighted by Crippen LogP contribution is -2.22. The Morgan fingerprint density at radius 1 is 1.39 bits per heavy atom. The number of thioether (sulfide) groups is 1. The lowest BCUT2D eigenvalue weighted by molar-refractivity contribution is -0.115. The Labute approximate surface area is 152 Å². The van der Waals surface area contributed by atoms with Crippen LogP contribution in [0.3, 0.4) is 0 Å². The van der Waals surface area contributed by atoms with Gasteiger partial charge in [0.15, 0.2) is 4.34 Å². The molecule has 3 rings (SSSR count). The molecule has 1 saturated carbocycles. The number of nitrogens with one attached hydrogen (secondary N) is 2. The topological polar surface area (TPSA) is 66.9 Å². The van der Waals surface area contributed by atoms with Crippen molar-refractivity contribution in [3.63, 3.8) is 0 Å². The van der Waals surface area contributed by atoms with E-state index in [1.54, 1.807) is 18.2 Å². The van der Waals surface area contributed by atoms with Crippen LogP contribution in [0, 0.1) is 0 Å². The number of anilines is 2. The van der Waals surface area contributed by atoms with E-state index in [0.29, 0.717) is 21.8 Å². The van der Waals surface area contributed by atoms with Crippen LogP contribution in [0.4, 0.5) is 10.8 Å². The van der Waals surface area contributed by atoms with E-state index in [-0.39, 0.29) is 11.2 Å². The molecule has 0 radical (unpaired) electrons. The number of carbonyl (C=O) groups excluding carboxylic acids is 1. The summed E-state index contributed by atoms with van der Waals surface area (Å²) in [6.07, 6.45) is 2.36. The molecule has 1 aliphatic rings. The fourth-order valence-electron chi connectivity index (χ4n) is 1.76. The molecule has 0 spiro atoms. The van der Waals surface area contributed by atoms with Gasteiger partial charge in [0.1, 0.15) is 0 Å². The lowest BCUT2D eigenvalue weighted by atomic mass is 10.3. The summed E-state index contributed by atoms with van der Waals surface area (Å²) in [4.78, 5) is 12.3. The summed E-state index contributed by atoms with van der Waals surface area (Å²) < 4.78 is 0.757. The van der Waals surface area contributed by atoms with Crippen LogP contribution in [0.25, 0.3) is 0 Å². The van der Waals surface area contributed by atoms with Crippen molar-refractivity contribution in [2.75, 3.05) is 10.6 Å². The first kappa shape index (κ1) is 16.8. The van der Waals surface area contributed by atoms with Gasteiger partial charge in [-0.3, -0.25) is 4.79 Å². The van der Waals surface area contributed by atoms with Gasteiger partial charge >= 0.3 is 0 Å². The molecule has 0 aliphatic heterocycles. The number of rotatable bonds is 6. The molecule has 1 atom stereocenters. The minimum Gasteiger partial charge on any atom is -0.357 e. The molecular weight excluding hydrogens is 375 g/mol. The smallest absolute Gasteiger partial charge is 0.237 e. The third-order valence-electron chi connectivity index (χ3n) is 3.17. The van der Waals surface area contributed by atoms with Gasteiger partial charge in [-0.1, -0.05) is 52.4 Å². The quantitative estimate of drug-likeness (QED) is 0.710. The predicted molar refractivity (Wildman–Crippen MR) is 97.0 cm³/mol. The van der Waals surface area contributed by atoms with Crippen LogP contribution in [0.2, 0.25) is 10.0 Å². The van der Waals surface area contributed by atoms with Crippen LogP contribution in [-0.2, 0) is 4.79 Å². The first-order valence-corrected chi connectivity index (χ1v) is 9.49. The highest BCUT2D eigenvalue weighted by molar-refractivity contribution is 8.02. The van der Waals surface area contributed by atoms with E-state index in [2.05, 4.69) is 20.8 Å². The third kappa shape index (κ3) is 4.50. The molecule has 0 saturated heterocycles. The van der Waals surface area contributed by atoms with Crippen LogP contribution in [0.1, 0.15) is 19.8 Å². The van der Waals surface area contributed by atoms with Crippen molar-refractivity contribution in [3.8, 4) is 0 Å². The zero-order valence-corrected chi connectivity index (χ0v) is 15.3. The number of aromatic nitrogens is 2. The summed E-state index contributed by atoms with van der Waals surface area (Å²) >= 11 is 14.8. The minimum absolute atomic E-state index is 0.161. The van der Waals surface area contributed by atoms with Gasteiger partial charge in [0.2, 0.25) is 11.0 Å². The number of benzene rings is 1. The molecule has 0 unspecified atom stereocenters. The normalized spacial score (nSPS) is 15.3. The second kappa shape index (κ2) is 7.25. The Balaban J connectivity index is 1.58. The molecule has 1 aromatic carbocycles. The Kier molecular flexibility index (Phi) is 5.31. The van der Waals surface area contributed by atoms with E-state index in [4.69, 9.17) is 23.2 Å². The van der Waals surface area contributed by atoms with E-state index in [1.165, 1.54) is 35.9 Å². The Hall–Kier alpha value is -1.02. The number of carbonyl (C=O) groups is 1. The van der Waals surface area contributed by atoms with Crippen LogP contribution in [-0.4, -0.2) is 27.4 Å². The van der Waals surface area contributed by atoms with Crippen molar-refractivity contribution in [1.82, 2.24) is 10.2 Å². The van der Waals surface area contributed by atoms with Gasteiger partial charge in [0.05, 0.1) is 21.0 Å². The monoisotopic (exact) mass is 388 g/mol. The highest BCUT2D eigenvalue weighted by Crippen LogP contribution is 2.33. The Bertz CT molecular complexity index is 721. The van der Waals surface area contributed by atoms with Gasteiger partial charge in [0, 0.05) is 6.04 Å². The molecule has 23 heavy (non-hydrogen) atoms. The molecule has 2 N–H and O–H groups in total. The number of halogens is 2. The van der Waals surface area contributed by atoms with Gasteiger partial charge < -0.3 is 10.6 Å². The molecule has 122 valence electrons. The maximum absolute atomic E-state index is 12.3. The van der Waals surface area contributed by atoms with Crippen LogP contribution in [0.15, 0.2) is 22.5 Å². The van der Waals surface area contributed by atoms with Crippen molar-refractivity contribution in [3.05, 3.63) is 28.2 Å². The lowest BCUT2D eigenvalue weighted by Gasteiger charge is -2.11. The molecule has 1 fully saturated rings. The van der Waals surface area contributed by atoms with Crippen molar-refractivity contribution < 1.29 is 4.79 Å². The number of amides is 1. The van der Waals surface area contributed by atoms with Crippen molar-refractivity contribution in [1.29, 1.82) is 0 Å². The van der Waals surface area contributed by atoms with Crippen molar-refractivity contribution in [2.45, 2.75) is 35.4 Å². The third-order valence-corrected chi connectivity index (χ3v) is 6.03. The first-order valence-electron chi connectivity index (χ1n) is 7.04. The molecular formula is C14H14Cl2N4OS2. The van der Waals surface area contributed by atoms with Crippen LogP contribution in [0.5, 0.6) is 0 Å². The van der Waals surface area contributed by atoms with E-state index in [9.17, 15) is 4.79 Å². The molecule has 1 aromatic heterocycles. The highest BCUT2D eigenvalue weighted by Gasteiger charge is 2.23. The standard InChI is InChI=1S/C14H14Cl2N4OS2/c1-7(12(21)18-10-4-2-3-9(15)11(10)16)22-14-20-19-13(23-14)17-8-5-6-8/h2-4,7-8H,5-6H2,1H3,(H,17,19)(H,18,21)/t7-/m0/s1. The highest BCUT2D eigenvalue weighted by atomic mass is 35.5. The Morgan fingerprint density at radius 2 is 2.17 bits per heavy atom. The second-order valence-electron chi connectivity index (χ2n) is 5.14. The number of hydrogen-bond acceptors (Lipinski definition) is 6. The molecule has 2 aromatic rings. The van der Waals surface area contributed by atoms with Crippen LogP contribution >= 0.6 is 46.3 Å². The molecule has 9 heteroatoms. The summed E-state index contributed by atoms with van der Waals surface area (Å²) in [5.41, 5.74) is 0.505. The SMILES string of the molecule is C[C@H](Sc1nnc(NC2CC2)s1)C(=O)Nc1cccc(Cl)c1Cl. The van der Waals surface area contributed by atoms with E-state index in [1.807, 2.05) is 6.92 Å². The summed E-state index contributed by atoms with van der Waals surface area (Å²) in [7, 11) is 0. The van der Waals surface area contributed by atoms with E-state index in [0.717, 1.165) is 9.47 Å². The van der Waals surface area contributed by atoms with Crippen molar-refractivity contribution >= 4 is 63.0 Å². The molecule has 1 aliphatic carbocycles. The average Bonchev–Trinajstić information content (AvgIpc) is 3.22. The Morgan fingerprint density at radius 3 is 2.91 bits per heavy atom. The number of hydrogen-bond donors (Lipinski definition) is 2. The van der Waals surface area contributed by atoms with E-state index < -0.39 is 0 Å². The first-order chi connectivity index (χ1) is 11.0. The molecule has 1 amide bonds. The zero-order chi connectivity index (χ0) is 16.4. The fourth-order valence-corrected chi connectivity index (χ4v) is 4.08. The summed E-state index contributed by atoms with van der Waals surface area (Å²) in [5.74, 6) is -0.161. The average molecular weight is 389 g/mol. The van der Waals surface area contributed by atoms with Crippen molar-refractivity contribution in [2.24, 2.45) is 0 Å². The summed E-state index contributed by atoms with van der Waals surface area (Å²) in [6.45, 7) is 1.81. The maximum atomic E-state index is 12.3. The zero-order valence-electron chi connectivity index (χ0n) is 12.2.